The summed E-state index contributed by atoms with van der Waals surface area (Å²) in [6.45, 7) is 1.84. The van der Waals surface area contributed by atoms with Crippen LogP contribution in [0.5, 0.6) is 0 Å². The first-order valence-corrected chi connectivity index (χ1v) is 9.22. The molecule has 0 saturated heterocycles. The normalized spacial score (nSPS) is 11.7. The number of aryl methyl sites for hydroxylation is 1. The van der Waals surface area contributed by atoms with Gasteiger partial charge in [0.1, 0.15) is 5.76 Å². The van der Waals surface area contributed by atoms with Crippen LogP contribution in [0.2, 0.25) is 0 Å². The number of hydrogen-bond acceptors (Lipinski definition) is 6. The van der Waals surface area contributed by atoms with Crippen molar-refractivity contribution in [1.29, 1.82) is 0 Å². The smallest absolute Gasteiger partial charge is 0.340 e. The second-order valence-corrected chi connectivity index (χ2v) is 6.84. The first-order valence-electron chi connectivity index (χ1n) is 8.24. The Labute approximate surface area is 160 Å². The highest BCUT2D eigenvalue weighted by Gasteiger charge is 2.24. The summed E-state index contributed by atoms with van der Waals surface area (Å²) in [6, 6.07) is 17.6. The molecule has 27 heavy (non-hydrogen) atoms. The highest BCUT2D eigenvalue weighted by molar-refractivity contribution is 7.98. The van der Waals surface area contributed by atoms with Crippen LogP contribution in [-0.4, -0.2) is 17.0 Å². The zero-order valence-electron chi connectivity index (χ0n) is 14.6. The molecule has 1 heterocycles. The molecule has 3 aromatic rings. The van der Waals surface area contributed by atoms with Crippen molar-refractivity contribution in [2.24, 2.45) is 5.73 Å². The second kappa shape index (κ2) is 8.55. The van der Waals surface area contributed by atoms with E-state index in [2.05, 4.69) is 5.16 Å². The lowest BCUT2D eigenvalue weighted by atomic mass is 10.1. The molecule has 0 aliphatic heterocycles. The van der Waals surface area contributed by atoms with Crippen molar-refractivity contribution < 1.29 is 18.8 Å². The van der Waals surface area contributed by atoms with Crippen LogP contribution in [0.1, 0.15) is 33.5 Å². The SMILES string of the molecule is Cc1cc(CSc2ccccc2C(=O)OC(C(N)=O)c2ccccc2)on1. The van der Waals surface area contributed by atoms with Crippen LogP contribution >= 0.6 is 11.8 Å². The van der Waals surface area contributed by atoms with Crippen molar-refractivity contribution in [2.45, 2.75) is 23.7 Å². The minimum atomic E-state index is -1.14. The summed E-state index contributed by atoms with van der Waals surface area (Å²) in [4.78, 5) is 25.2. The number of primary amides is 1. The van der Waals surface area contributed by atoms with Crippen LogP contribution in [0, 0.1) is 6.92 Å². The number of esters is 1. The molecule has 2 aromatic carbocycles. The number of nitrogens with zero attached hydrogens (tertiary/aromatic N) is 1. The number of benzene rings is 2. The standard InChI is InChI=1S/C20H18N2O4S/c1-13-11-15(26-22-13)12-27-17-10-6-5-9-16(17)20(24)25-18(19(21)23)14-7-3-2-4-8-14/h2-11,18H,12H2,1H3,(H2,21,23). The third-order valence-corrected chi connectivity index (χ3v) is 4.84. The summed E-state index contributed by atoms with van der Waals surface area (Å²) >= 11 is 1.42. The van der Waals surface area contributed by atoms with E-state index in [0.717, 1.165) is 5.69 Å². The lowest BCUT2D eigenvalue weighted by molar-refractivity contribution is -0.127. The molecule has 0 spiro atoms. The van der Waals surface area contributed by atoms with E-state index in [4.69, 9.17) is 15.0 Å². The molecule has 0 bridgehead atoms. The van der Waals surface area contributed by atoms with Gasteiger partial charge in [-0.05, 0) is 19.1 Å². The highest BCUT2D eigenvalue weighted by Crippen LogP contribution is 2.28. The summed E-state index contributed by atoms with van der Waals surface area (Å²) in [6.07, 6.45) is -1.14. The molecule has 0 saturated carbocycles. The largest absolute Gasteiger partial charge is 0.444 e. The molecular formula is C20H18N2O4S. The fourth-order valence-electron chi connectivity index (χ4n) is 2.48. The number of carbonyl (C=O) groups excluding carboxylic acids is 2. The van der Waals surface area contributed by atoms with Gasteiger partial charge >= 0.3 is 5.97 Å². The third kappa shape index (κ3) is 4.77. The molecule has 6 nitrogen and oxygen atoms in total. The van der Waals surface area contributed by atoms with Gasteiger partial charge in [0.15, 0.2) is 0 Å². The summed E-state index contributed by atoms with van der Waals surface area (Å²) < 4.78 is 10.6. The quantitative estimate of drug-likeness (QED) is 0.495. The molecule has 0 aliphatic carbocycles. The van der Waals surface area contributed by atoms with E-state index >= 15 is 0 Å². The summed E-state index contributed by atoms with van der Waals surface area (Å²) in [5, 5.41) is 3.85. The fourth-order valence-corrected chi connectivity index (χ4v) is 3.40. The van der Waals surface area contributed by atoms with Crippen molar-refractivity contribution in [3.05, 3.63) is 83.2 Å². The van der Waals surface area contributed by atoms with E-state index in [1.165, 1.54) is 11.8 Å². The Morgan fingerprint density at radius 3 is 2.52 bits per heavy atom. The minimum Gasteiger partial charge on any atom is -0.444 e. The number of amides is 1. The molecule has 0 aliphatic rings. The Balaban J connectivity index is 1.77. The number of hydrogen-bond donors (Lipinski definition) is 1. The lowest BCUT2D eigenvalue weighted by Crippen LogP contribution is -2.26. The summed E-state index contributed by atoms with van der Waals surface area (Å²) in [5.41, 5.74) is 7.12. The van der Waals surface area contributed by atoms with Gasteiger partial charge in [-0.3, -0.25) is 4.79 Å². The molecule has 2 N–H and O–H groups in total. The van der Waals surface area contributed by atoms with Gasteiger partial charge in [-0.1, -0.05) is 47.6 Å². The van der Waals surface area contributed by atoms with Gasteiger partial charge in [0.05, 0.1) is 17.0 Å². The topological polar surface area (TPSA) is 95.4 Å². The maximum atomic E-state index is 12.7. The first-order chi connectivity index (χ1) is 13.0. The molecule has 7 heteroatoms. The highest BCUT2D eigenvalue weighted by atomic mass is 32.2. The maximum Gasteiger partial charge on any atom is 0.340 e. The zero-order chi connectivity index (χ0) is 19.2. The van der Waals surface area contributed by atoms with Gasteiger partial charge in [0.2, 0.25) is 6.10 Å². The Morgan fingerprint density at radius 1 is 1.15 bits per heavy atom. The summed E-state index contributed by atoms with van der Waals surface area (Å²) in [7, 11) is 0. The lowest BCUT2D eigenvalue weighted by Gasteiger charge is -2.16. The average Bonchev–Trinajstić information content (AvgIpc) is 3.10. The molecule has 138 valence electrons. The van der Waals surface area contributed by atoms with Gasteiger partial charge in [-0.25, -0.2) is 4.79 Å². The molecule has 1 atom stereocenters. The van der Waals surface area contributed by atoms with Crippen LogP contribution < -0.4 is 5.73 Å². The van der Waals surface area contributed by atoms with Gasteiger partial charge in [0, 0.05) is 16.5 Å². The van der Waals surface area contributed by atoms with Gasteiger partial charge in [-0.2, -0.15) is 0 Å². The Morgan fingerprint density at radius 2 is 1.85 bits per heavy atom. The molecular weight excluding hydrogens is 364 g/mol. The Kier molecular flexibility index (Phi) is 5.93. The van der Waals surface area contributed by atoms with Crippen molar-refractivity contribution in [1.82, 2.24) is 5.16 Å². The number of thioether (sulfide) groups is 1. The van der Waals surface area contributed by atoms with Crippen LogP contribution in [0.4, 0.5) is 0 Å². The fraction of sp³-hybridized carbons (Fsp3) is 0.150. The third-order valence-electron chi connectivity index (χ3n) is 3.74. The van der Waals surface area contributed by atoms with Gasteiger partial charge in [-0.15, -0.1) is 11.8 Å². The Hall–Kier alpha value is -3.06. The van der Waals surface area contributed by atoms with Crippen molar-refractivity contribution in [3.63, 3.8) is 0 Å². The Bertz CT molecular complexity index is 940. The predicted molar refractivity (Wildman–Crippen MR) is 101 cm³/mol. The van der Waals surface area contributed by atoms with Gasteiger partial charge in [0.25, 0.3) is 5.91 Å². The molecule has 1 aromatic heterocycles. The van der Waals surface area contributed by atoms with Crippen molar-refractivity contribution >= 4 is 23.6 Å². The van der Waals surface area contributed by atoms with E-state index in [0.29, 0.717) is 27.5 Å². The van der Waals surface area contributed by atoms with E-state index in [-0.39, 0.29) is 0 Å². The number of nitrogens with two attached hydrogens (primary N) is 1. The molecule has 0 fully saturated rings. The number of rotatable bonds is 7. The van der Waals surface area contributed by atoms with E-state index in [1.807, 2.05) is 25.1 Å². The average molecular weight is 382 g/mol. The monoisotopic (exact) mass is 382 g/mol. The van der Waals surface area contributed by atoms with E-state index in [1.54, 1.807) is 42.5 Å². The zero-order valence-corrected chi connectivity index (χ0v) is 15.4. The van der Waals surface area contributed by atoms with E-state index in [9.17, 15) is 9.59 Å². The van der Waals surface area contributed by atoms with Crippen LogP contribution in [0.3, 0.4) is 0 Å². The number of aromatic nitrogens is 1. The second-order valence-electron chi connectivity index (χ2n) is 5.82. The molecule has 0 radical (unpaired) electrons. The number of carbonyl (C=O) groups is 2. The molecule has 3 rings (SSSR count). The summed E-state index contributed by atoms with van der Waals surface area (Å²) in [5.74, 6) is -0.112. The van der Waals surface area contributed by atoms with Gasteiger partial charge < -0.3 is 15.0 Å². The maximum absolute atomic E-state index is 12.7. The van der Waals surface area contributed by atoms with Crippen LogP contribution in [0.25, 0.3) is 0 Å². The van der Waals surface area contributed by atoms with Crippen LogP contribution in [-0.2, 0) is 15.3 Å². The van der Waals surface area contributed by atoms with Crippen molar-refractivity contribution in [2.75, 3.05) is 0 Å². The first kappa shape index (κ1) is 18.7. The van der Waals surface area contributed by atoms with Crippen LogP contribution in [0.15, 0.2) is 70.1 Å². The molecule has 1 unspecified atom stereocenters. The molecule has 1 amide bonds. The van der Waals surface area contributed by atoms with Crippen molar-refractivity contribution in [3.8, 4) is 0 Å². The predicted octanol–water partition coefficient (Wildman–Crippen LogP) is 3.66. The number of ether oxygens (including phenoxy) is 1. The minimum absolute atomic E-state index is 0.362. The van der Waals surface area contributed by atoms with E-state index < -0.39 is 18.0 Å².